The highest BCUT2D eigenvalue weighted by atomic mass is 79.9. The molecule has 96 valence electrons. The summed E-state index contributed by atoms with van der Waals surface area (Å²) in [5.41, 5.74) is -0.377. The minimum Gasteiger partial charge on any atom is -0.297 e. The zero-order valence-corrected chi connectivity index (χ0v) is 12.7. The van der Waals surface area contributed by atoms with Crippen LogP contribution in [0.3, 0.4) is 0 Å². The molecular weight excluding hydrogens is 340 g/mol. The molecule has 0 saturated carbocycles. The van der Waals surface area contributed by atoms with Crippen LogP contribution in [0.2, 0.25) is 5.15 Å². The van der Waals surface area contributed by atoms with Gasteiger partial charge in [-0.05, 0) is 33.8 Å². The Morgan fingerprint density at radius 3 is 2.78 bits per heavy atom. The molecule has 4 nitrogen and oxygen atoms in total. The first-order valence-electron chi connectivity index (χ1n) is 5.28. The summed E-state index contributed by atoms with van der Waals surface area (Å²) in [6.07, 6.45) is 0.486. The van der Waals surface area contributed by atoms with Crippen molar-refractivity contribution in [1.29, 1.82) is 0 Å². The number of hydrogen-bond acceptors (Lipinski definition) is 3. The summed E-state index contributed by atoms with van der Waals surface area (Å²) in [6.45, 7) is 2.07. The normalized spacial score (nSPS) is 10.8. The van der Waals surface area contributed by atoms with E-state index in [-0.39, 0.29) is 17.3 Å². The number of aromatic amines is 1. The Bertz CT molecular complexity index is 689. The Kier molecular flexibility index (Phi) is 4.09. The van der Waals surface area contributed by atoms with Gasteiger partial charge in [0, 0.05) is 9.35 Å². The predicted molar refractivity (Wildman–Crippen MR) is 76.8 cm³/mol. The summed E-state index contributed by atoms with van der Waals surface area (Å²) < 4.78 is 2.06. The number of thiophene rings is 1. The molecule has 0 fully saturated rings. The van der Waals surface area contributed by atoms with Crippen LogP contribution in [0.5, 0.6) is 0 Å². The molecule has 2 aromatic rings. The van der Waals surface area contributed by atoms with Gasteiger partial charge < -0.3 is 0 Å². The van der Waals surface area contributed by atoms with Crippen LogP contribution < -0.4 is 11.2 Å². The van der Waals surface area contributed by atoms with Gasteiger partial charge in [-0.25, -0.2) is 4.79 Å². The first kappa shape index (κ1) is 13.6. The molecule has 0 aliphatic heterocycles. The lowest BCUT2D eigenvalue weighted by Crippen LogP contribution is -2.37. The molecule has 0 bridgehead atoms. The third-order valence-electron chi connectivity index (χ3n) is 2.58. The number of nitrogens with one attached hydrogen (secondary N) is 1. The summed E-state index contributed by atoms with van der Waals surface area (Å²) >= 11 is 10.7. The summed E-state index contributed by atoms with van der Waals surface area (Å²) in [4.78, 5) is 27.3. The highest BCUT2D eigenvalue weighted by Gasteiger charge is 2.12. The van der Waals surface area contributed by atoms with E-state index in [2.05, 4.69) is 20.9 Å². The fourth-order valence-electron chi connectivity index (χ4n) is 1.62. The van der Waals surface area contributed by atoms with Gasteiger partial charge in [-0.1, -0.05) is 18.5 Å². The zero-order valence-electron chi connectivity index (χ0n) is 9.50. The van der Waals surface area contributed by atoms with Crippen LogP contribution >= 0.6 is 38.9 Å². The van der Waals surface area contributed by atoms with E-state index in [0.717, 1.165) is 9.35 Å². The first-order chi connectivity index (χ1) is 8.54. The molecular formula is C11H10BrClN2O2S. The van der Waals surface area contributed by atoms with Gasteiger partial charge in [-0.2, -0.15) is 0 Å². The molecule has 1 N–H and O–H groups in total. The molecule has 0 aliphatic rings. The van der Waals surface area contributed by atoms with Gasteiger partial charge in [0.25, 0.3) is 5.56 Å². The maximum absolute atomic E-state index is 12.1. The minimum absolute atomic E-state index is 0.133. The van der Waals surface area contributed by atoms with E-state index < -0.39 is 5.69 Å². The largest absolute Gasteiger partial charge is 0.329 e. The van der Waals surface area contributed by atoms with Crippen molar-refractivity contribution in [3.05, 3.63) is 52.4 Å². The van der Waals surface area contributed by atoms with Crippen molar-refractivity contribution in [2.24, 2.45) is 0 Å². The van der Waals surface area contributed by atoms with Crippen molar-refractivity contribution in [3.8, 4) is 0 Å². The van der Waals surface area contributed by atoms with Crippen molar-refractivity contribution < 1.29 is 0 Å². The van der Waals surface area contributed by atoms with E-state index in [1.165, 1.54) is 15.9 Å². The average molecular weight is 350 g/mol. The Morgan fingerprint density at radius 1 is 1.50 bits per heavy atom. The third kappa shape index (κ3) is 2.46. The number of H-pyrrole nitrogens is 1. The van der Waals surface area contributed by atoms with Crippen molar-refractivity contribution >= 4 is 38.9 Å². The fraction of sp³-hybridized carbons (Fsp3) is 0.273. The van der Waals surface area contributed by atoms with E-state index in [1.807, 2.05) is 18.4 Å². The smallest absolute Gasteiger partial charge is 0.297 e. The molecule has 0 saturated heterocycles. The monoisotopic (exact) mass is 348 g/mol. The van der Waals surface area contributed by atoms with Gasteiger partial charge in [0.05, 0.1) is 12.1 Å². The molecule has 0 radical (unpaired) electrons. The van der Waals surface area contributed by atoms with Crippen molar-refractivity contribution in [1.82, 2.24) is 9.55 Å². The molecule has 0 aromatic carbocycles. The van der Waals surface area contributed by atoms with Crippen LogP contribution in [0, 0.1) is 0 Å². The Hall–Kier alpha value is -0.850. The molecule has 2 aromatic heterocycles. The van der Waals surface area contributed by atoms with Gasteiger partial charge in [-0.15, -0.1) is 11.3 Å². The second-order valence-electron chi connectivity index (χ2n) is 3.66. The van der Waals surface area contributed by atoms with E-state index in [4.69, 9.17) is 11.6 Å². The van der Waals surface area contributed by atoms with Crippen molar-refractivity contribution in [2.45, 2.75) is 19.9 Å². The second-order valence-corrected chi connectivity index (χ2v) is 5.89. The lowest BCUT2D eigenvalue weighted by atomic mass is 10.2. The van der Waals surface area contributed by atoms with E-state index >= 15 is 0 Å². The molecule has 18 heavy (non-hydrogen) atoms. The Balaban J connectivity index is 2.55. The molecule has 7 heteroatoms. The summed E-state index contributed by atoms with van der Waals surface area (Å²) in [5.74, 6) is 0. The van der Waals surface area contributed by atoms with E-state index in [0.29, 0.717) is 12.0 Å². The highest BCUT2D eigenvalue weighted by molar-refractivity contribution is 9.10. The highest BCUT2D eigenvalue weighted by Crippen LogP contribution is 2.22. The van der Waals surface area contributed by atoms with Crippen molar-refractivity contribution in [3.63, 3.8) is 0 Å². The van der Waals surface area contributed by atoms with Gasteiger partial charge in [-0.3, -0.25) is 14.3 Å². The van der Waals surface area contributed by atoms with Gasteiger partial charge in [0.2, 0.25) is 0 Å². The average Bonchev–Trinajstić information content (AvgIpc) is 2.70. The number of nitrogens with zero attached hydrogens (tertiary/aromatic N) is 1. The maximum atomic E-state index is 12.1. The number of hydrogen-bond donors (Lipinski definition) is 1. The van der Waals surface area contributed by atoms with Crippen molar-refractivity contribution in [2.75, 3.05) is 0 Å². The first-order valence-corrected chi connectivity index (χ1v) is 7.33. The summed E-state index contributed by atoms with van der Waals surface area (Å²) in [5, 5.41) is 2.03. The SMILES string of the molecule is CCc1c(Cl)[nH]c(=O)n(Cc2sccc2Br)c1=O. The fourth-order valence-corrected chi connectivity index (χ4v) is 3.38. The quantitative estimate of drug-likeness (QED) is 0.866. The van der Waals surface area contributed by atoms with Gasteiger partial charge >= 0.3 is 5.69 Å². The lowest BCUT2D eigenvalue weighted by Gasteiger charge is -2.07. The molecule has 2 rings (SSSR count). The van der Waals surface area contributed by atoms with Crippen LogP contribution in [-0.4, -0.2) is 9.55 Å². The maximum Gasteiger partial charge on any atom is 0.329 e. The number of aromatic nitrogens is 2. The summed E-state index contributed by atoms with van der Waals surface area (Å²) in [6, 6.07) is 1.88. The van der Waals surface area contributed by atoms with Crippen LogP contribution in [0.15, 0.2) is 25.5 Å². The third-order valence-corrected chi connectivity index (χ3v) is 4.81. The Labute approximate surface area is 120 Å². The molecule has 0 aliphatic carbocycles. The summed E-state index contributed by atoms with van der Waals surface area (Å²) in [7, 11) is 0. The van der Waals surface area contributed by atoms with E-state index in [9.17, 15) is 9.59 Å². The number of rotatable bonds is 3. The molecule has 2 heterocycles. The van der Waals surface area contributed by atoms with Gasteiger partial charge in [0.15, 0.2) is 0 Å². The Morgan fingerprint density at radius 2 is 2.22 bits per heavy atom. The lowest BCUT2D eigenvalue weighted by molar-refractivity contribution is 0.692. The van der Waals surface area contributed by atoms with Gasteiger partial charge in [0.1, 0.15) is 5.15 Å². The van der Waals surface area contributed by atoms with Crippen LogP contribution in [0.4, 0.5) is 0 Å². The molecule has 0 spiro atoms. The standard InChI is InChI=1S/C11H10BrClN2O2S/c1-2-6-9(13)14-11(17)15(10(6)16)5-8-7(12)3-4-18-8/h3-4H,2,5H2,1H3,(H,14,17). The van der Waals surface area contributed by atoms with Crippen LogP contribution in [0.1, 0.15) is 17.4 Å². The second kappa shape index (κ2) is 5.42. The van der Waals surface area contributed by atoms with E-state index in [1.54, 1.807) is 0 Å². The zero-order chi connectivity index (χ0) is 13.3. The predicted octanol–water partition coefficient (Wildman–Crippen LogP) is 2.62. The minimum atomic E-state index is -0.484. The molecule has 0 atom stereocenters. The molecule has 0 amide bonds. The molecule has 0 unspecified atom stereocenters. The van der Waals surface area contributed by atoms with Crippen LogP contribution in [0.25, 0.3) is 0 Å². The van der Waals surface area contributed by atoms with Crippen LogP contribution in [-0.2, 0) is 13.0 Å². The number of halogens is 2. The topological polar surface area (TPSA) is 54.9 Å².